The Kier molecular flexibility index (Phi) is 12.6. The van der Waals surface area contributed by atoms with Crippen LogP contribution < -0.4 is 14.2 Å². The fourth-order valence-corrected chi connectivity index (χ4v) is 2.04. The van der Waals surface area contributed by atoms with Gasteiger partial charge < -0.3 is 14.2 Å². The van der Waals surface area contributed by atoms with Crippen molar-refractivity contribution >= 4 is 174 Å². The Labute approximate surface area is 262 Å². The van der Waals surface area contributed by atoms with Gasteiger partial charge in [-0.15, -0.1) is 15.0 Å². The van der Waals surface area contributed by atoms with Gasteiger partial charge in [0.25, 0.3) is 0 Å². The van der Waals surface area contributed by atoms with E-state index in [9.17, 15) is 0 Å². The Morgan fingerprint density at radius 3 is 0.727 bits per heavy atom. The van der Waals surface area contributed by atoms with Gasteiger partial charge >= 0.3 is 18.0 Å². The minimum Gasteiger partial charge on any atom is -0.460 e. The molecule has 0 fully saturated rings. The zero-order valence-electron chi connectivity index (χ0n) is 14.9. The molecule has 0 saturated heterocycles. The SMILES string of the molecule is ClC(Cl)(Cl)C(Cl)(Cl)COc1nc(OCC(Cl)(Cl)C(Cl)(Cl)Cl)nc(OCC(Cl)(Cl)C(Cl)(Cl)Cl)n1. The first kappa shape index (κ1) is 33.8. The Morgan fingerprint density at radius 2 is 0.576 bits per heavy atom. The largest absolute Gasteiger partial charge is 0.460 e. The average molecular weight is 772 g/mol. The van der Waals surface area contributed by atoms with Crippen molar-refractivity contribution < 1.29 is 14.2 Å². The van der Waals surface area contributed by atoms with Gasteiger partial charge in [0.2, 0.25) is 11.4 Å². The van der Waals surface area contributed by atoms with Gasteiger partial charge in [-0.1, -0.05) is 174 Å². The number of ether oxygens (including phenoxy) is 3. The molecule has 0 unspecified atom stereocenters. The molecule has 21 heteroatoms. The predicted octanol–water partition coefficient (Wildman–Crippen LogP) is 8.64. The molecule has 0 aliphatic carbocycles. The van der Waals surface area contributed by atoms with Crippen LogP contribution in [0, 0.1) is 0 Å². The molecule has 0 saturated carbocycles. The molecular weight excluding hydrogens is 766 g/mol. The molecule has 1 rings (SSSR count). The topological polar surface area (TPSA) is 66.4 Å². The van der Waals surface area contributed by atoms with Crippen molar-refractivity contribution in [3.63, 3.8) is 0 Å². The highest BCUT2D eigenvalue weighted by Crippen LogP contribution is 2.48. The summed E-state index contributed by atoms with van der Waals surface area (Å²) in [6.07, 6.45) is 0. The second kappa shape index (κ2) is 12.3. The second-order valence-corrected chi connectivity index (χ2v) is 17.0. The van der Waals surface area contributed by atoms with Crippen molar-refractivity contribution in [3.8, 4) is 18.0 Å². The summed E-state index contributed by atoms with van der Waals surface area (Å²) in [7, 11) is 0. The molecule has 0 spiro atoms. The lowest BCUT2D eigenvalue weighted by Crippen LogP contribution is -2.38. The third kappa shape index (κ3) is 10.4. The minimum absolute atomic E-state index is 0.484. The fourth-order valence-electron chi connectivity index (χ4n) is 1.23. The maximum absolute atomic E-state index is 5.94. The van der Waals surface area contributed by atoms with Crippen LogP contribution in [0.1, 0.15) is 0 Å². The van der Waals surface area contributed by atoms with Crippen LogP contribution in [0.25, 0.3) is 0 Å². The summed E-state index contributed by atoms with van der Waals surface area (Å²) in [5, 5.41) is 0. The number of halogens is 15. The molecular formula is C12H6Cl15N3O3. The van der Waals surface area contributed by atoms with E-state index in [1.807, 2.05) is 0 Å². The van der Waals surface area contributed by atoms with E-state index in [2.05, 4.69) is 15.0 Å². The molecule has 0 radical (unpaired) electrons. The van der Waals surface area contributed by atoms with Crippen LogP contribution >= 0.6 is 174 Å². The van der Waals surface area contributed by atoms with E-state index in [0.717, 1.165) is 0 Å². The van der Waals surface area contributed by atoms with E-state index in [0.29, 0.717) is 0 Å². The molecule has 0 N–H and O–H groups in total. The molecule has 0 amide bonds. The standard InChI is InChI=1S/C12H6Cl15N3O3/c13-7(14,10(19,20)21)1-31-4-28-5(32-2-8(15,16)11(22,23)24)30-6(29-4)33-3-9(17,18)12(25,26)27/h1-3H2. The van der Waals surface area contributed by atoms with Crippen LogP contribution in [0.5, 0.6) is 18.0 Å². The fraction of sp³-hybridized carbons (Fsp3) is 0.750. The van der Waals surface area contributed by atoms with Gasteiger partial charge in [-0.2, -0.15) is 0 Å². The van der Waals surface area contributed by atoms with Gasteiger partial charge in [0, 0.05) is 0 Å². The lowest BCUT2D eigenvalue weighted by molar-refractivity contribution is 0.225. The monoisotopic (exact) mass is 765 g/mol. The second-order valence-electron chi connectivity index (χ2n) is 5.66. The molecule has 1 heterocycles. The highest BCUT2D eigenvalue weighted by molar-refractivity contribution is 6.77. The summed E-state index contributed by atoms with van der Waals surface area (Å²) in [5.74, 6) is 0. The summed E-state index contributed by atoms with van der Waals surface area (Å²) in [6.45, 7) is -1.87. The van der Waals surface area contributed by atoms with Crippen LogP contribution in [0.3, 0.4) is 0 Å². The first-order valence-corrected chi connectivity index (χ1v) is 13.1. The van der Waals surface area contributed by atoms with Crippen molar-refractivity contribution in [1.29, 1.82) is 0 Å². The van der Waals surface area contributed by atoms with E-state index in [4.69, 9.17) is 188 Å². The Bertz CT molecular complexity index is 689. The van der Waals surface area contributed by atoms with Gasteiger partial charge in [0.15, 0.2) is 13.0 Å². The van der Waals surface area contributed by atoms with Gasteiger partial charge in [0.1, 0.15) is 19.8 Å². The number of aromatic nitrogens is 3. The van der Waals surface area contributed by atoms with Gasteiger partial charge in [-0.25, -0.2) is 0 Å². The summed E-state index contributed by atoms with van der Waals surface area (Å²) in [6, 6.07) is -1.45. The highest BCUT2D eigenvalue weighted by atomic mass is 35.6. The zero-order valence-corrected chi connectivity index (χ0v) is 26.2. The smallest absolute Gasteiger partial charge is 0.325 e. The summed E-state index contributed by atoms with van der Waals surface area (Å²) in [5.41, 5.74) is 0. The quantitative estimate of drug-likeness (QED) is 0.235. The Morgan fingerprint density at radius 1 is 0.394 bits per heavy atom. The summed E-state index contributed by atoms with van der Waals surface area (Å²) < 4.78 is 3.22. The van der Waals surface area contributed by atoms with Gasteiger partial charge in [-0.3, -0.25) is 0 Å². The lowest BCUT2D eigenvalue weighted by atomic mass is 10.5. The van der Waals surface area contributed by atoms with Crippen molar-refractivity contribution in [3.05, 3.63) is 0 Å². The number of hydrogen-bond acceptors (Lipinski definition) is 6. The Hall–Kier alpha value is 2.76. The third-order valence-corrected chi connectivity index (χ3v) is 9.97. The van der Waals surface area contributed by atoms with E-state index in [-0.39, 0.29) is 0 Å². The lowest BCUT2D eigenvalue weighted by Gasteiger charge is -2.27. The normalized spacial score (nSPS) is 14.3. The first-order chi connectivity index (χ1) is 14.5. The molecule has 1 aromatic heterocycles. The van der Waals surface area contributed by atoms with E-state index < -0.39 is 62.2 Å². The zero-order chi connectivity index (χ0) is 26.1. The summed E-state index contributed by atoms with van der Waals surface area (Å²) >= 11 is 86.8. The average Bonchev–Trinajstić information content (AvgIpc) is 2.60. The molecule has 0 aliphatic heterocycles. The molecule has 0 bridgehead atoms. The summed E-state index contributed by atoms with van der Waals surface area (Å²) in [4.78, 5) is 11.4. The van der Waals surface area contributed by atoms with Crippen LogP contribution in [-0.4, -0.2) is 59.2 Å². The number of alkyl halides is 15. The first-order valence-electron chi connectivity index (χ1n) is 7.47. The molecule has 0 atom stereocenters. The molecule has 1 aromatic rings. The minimum atomic E-state index is -2.15. The van der Waals surface area contributed by atoms with Crippen molar-refractivity contribution in [2.75, 3.05) is 19.8 Å². The van der Waals surface area contributed by atoms with Crippen LogP contribution in [0.2, 0.25) is 0 Å². The van der Waals surface area contributed by atoms with Crippen LogP contribution in [-0.2, 0) is 0 Å². The molecule has 6 nitrogen and oxygen atoms in total. The maximum Gasteiger partial charge on any atom is 0.325 e. The molecule has 0 aliphatic rings. The number of nitrogens with zero attached hydrogens (tertiary/aromatic N) is 3. The van der Waals surface area contributed by atoms with Crippen molar-refractivity contribution in [2.24, 2.45) is 0 Å². The third-order valence-electron chi connectivity index (χ3n) is 2.97. The number of rotatable bonds is 9. The Balaban J connectivity index is 3.17. The molecule has 0 aromatic carbocycles. The van der Waals surface area contributed by atoms with E-state index >= 15 is 0 Å². The van der Waals surface area contributed by atoms with Crippen molar-refractivity contribution in [1.82, 2.24) is 15.0 Å². The maximum atomic E-state index is 5.94. The molecule has 192 valence electrons. The molecule has 33 heavy (non-hydrogen) atoms. The van der Waals surface area contributed by atoms with Gasteiger partial charge in [-0.05, 0) is 0 Å². The van der Waals surface area contributed by atoms with Crippen molar-refractivity contribution in [2.45, 2.75) is 24.4 Å². The van der Waals surface area contributed by atoms with E-state index in [1.54, 1.807) is 0 Å². The van der Waals surface area contributed by atoms with Gasteiger partial charge in [0.05, 0.1) is 0 Å². The number of hydrogen-bond donors (Lipinski definition) is 0. The van der Waals surface area contributed by atoms with Crippen LogP contribution in [0.15, 0.2) is 0 Å². The highest BCUT2D eigenvalue weighted by Gasteiger charge is 2.49. The van der Waals surface area contributed by atoms with E-state index in [1.165, 1.54) is 0 Å². The predicted molar refractivity (Wildman–Crippen MR) is 140 cm³/mol. The van der Waals surface area contributed by atoms with Crippen LogP contribution in [0.4, 0.5) is 0 Å².